The van der Waals surface area contributed by atoms with Gasteiger partial charge in [-0.25, -0.2) is 0 Å². The molecule has 2 nitrogen and oxygen atoms in total. The van der Waals surface area contributed by atoms with Crippen molar-refractivity contribution < 1.29 is 9.53 Å². The van der Waals surface area contributed by atoms with E-state index in [0.717, 1.165) is 42.4 Å². The summed E-state index contributed by atoms with van der Waals surface area (Å²) in [5.41, 5.74) is 6.40. The van der Waals surface area contributed by atoms with Crippen LogP contribution in [0.2, 0.25) is 0 Å². The SMILES string of the molecule is C=C.C=C(C)C#C/C(C=O)=C/c1cc(CCCC)c2c(c1OC)CCCCC2. The Hall–Kier alpha value is -2.53. The van der Waals surface area contributed by atoms with Crippen molar-refractivity contribution in [3.05, 3.63) is 59.2 Å². The van der Waals surface area contributed by atoms with E-state index in [-0.39, 0.29) is 0 Å². The minimum Gasteiger partial charge on any atom is -0.496 e. The van der Waals surface area contributed by atoms with Gasteiger partial charge in [-0.2, -0.15) is 0 Å². The molecule has 1 aromatic carbocycles. The second-order valence-corrected chi connectivity index (χ2v) is 7.03. The molecule has 1 aliphatic carbocycles. The highest BCUT2D eigenvalue weighted by Crippen LogP contribution is 2.36. The Kier molecular flexibility index (Phi) is 10.7. The van der Waals surface area contributed by atoms with E-state index in [4.69, 9.17) is 4.74 Å². The zero-order valence-corrected chi connectivity index (χ0v) is 17.8. The highest BCUT2D eigenvalue weighted by Gasteiger charge is 2.19. The molecule has 150 valence electrons. The Labute approximate surface area is 171 Å². The highest BCUT2D eigenvalue weighted by molar-refractivity contribution is 5.89. The molecule has 0 unspecified atom stereocenters. The van der Waals surface area contributed by atoms with E-state index < -0.39 is 0 Å². The lowest BCUT2D eigenvalue weighted by molar-refractivity contribution is -0.104. The van der Waals surface area contributed by atoms with Crippen LogP contribution in [-0.2, 0) is 24.1 Å². The fraction of sp³-hybridized carbons (Fsp3) is 0.423. The maximum Gasteiger partial charge on any atom is 0.158 e. The van der Waals surface area contributed by atoms with Crippen molar-refractivity contribution in [3.63, 3.8) is 0 Å². The number of aryl methyl sites for hydroxylation is 1. The first-order chi connectivity index (χ1) is 13.6. The summed E-state index contributed by atoms with van der Waals surface area (Å²) in [6.45, 7) is 13.8. The van der Waals surface area contributed by atoms with Crippen LogP contribution >= 0.6 is 0 Å². The van der Waals surface area contributed by atoms with Crippen molar-refractivity contribution in [3.8, 4) is 17.6 Å². The lowest BCUT2D eigenvalue weighted by Crippen LogP contribution is -2.04. The summed E-state index contributed by atoms with van der Waals surface area (Å²) in [6.07, 6.45) is 12.0. The Morgan fingerprint density at radius 1 is 1.18 bits per heavy atom. The fourth-order valence-electron chi connectivity index (χ4n) is 3.59. The summed E-state index contributed by atoms with van der Waals surface area (Å²) in [7, 11) is 1.73. The molecule has 0 saturated heterocycles. The van der Waals surface area contributed by atoms with Gasteiger partial charge in [-0.1, -0.05) is 38.2 Å². The number of benzene rings is 1. The summed E-state index contributed by atoms with van der Waals surface area (Å²) in [6, 6.07) is 2.21. The third-order valence-corrected chi connectivity index (χ3v) is 4.83. The van der Waals surface area contributed by atoms with E-state index in [9.17, 15) is 4.79 Å². The fourth-order valence-corrected chi connectivity index (χ4v) is 3.59. The zero-order valence-electron chi connectivity index (χ0n) is 17.8. The molecule has 0 atom stereocenters. The highest BCUT2D eigenvalue weighted by atomic mass is 16.5. The zero-order chi connectivity index (χ0) is 20.9. The standard InChI is InChI=1S/C24H30O2.C2H4/c1-5-6-10-20-16-21(15-19(17-25)14-13-18(2)3)24(26-4)23-12-9-7-8-11-22(20)23;1-2/h15-17H,2,5-12H2,1,3-4H3;1-2H2/b19-15-;. The average molecular weight is 379 g/mol. The van der Waals surface area contributed by atoms with Gasteiger partial charge in [-0.05, 0) is 79.9 Å². The molecule has 0 heterocycles. The Morgan fingerprint density at radius 3 is 2.43 bits per heavy atom. The smallest absolute Gasteiger partial charge is 0.158 e. The van der Waals surface area contributed by atoms with Crippen LogP contribution in [-0.4, -0.2) is 13.4 Å². The van der Waals surface area contributed by atoms with Crippen LogP contribution in [0.25, 0.3) is 6.08 Å². The molecule has 0 radical (unpaired) electrons. The minimum absolute atomic E-state index is 0.460. The minimum atomic E-state index is 0.460. The van der Waals surface area contributed by atoms with Gasteiger partial charge in [-0.3, -0.25) is 4.79 Å². The molecule has 0 aromatic heterocycles. The van der Waals surface area contributed by atoms with Gasteiger partial charge in [0.2, 0.25) is 0 Å². The monoisotopic (exact) mass is 378 g/mol. The number of fused-ring (bicyclic) bond motifs is 1. The topological polar surface area (TPSA) is 26.3 Å². The van der Waals surface area contributed by atoms with Crippen LogP contribution in [0.1, 0.15) is 68.2 Å². The maximum absolute atomic E-state index is 11.5. The lowest BCUT2D eigenvalue weighted by atomic mass is 9.90. The summed E-state index contributed by atoms with van der Waals surface area (Å²) in [5.74, 6) is 6.72. The molecule has 2 rings (SSSR count). The first-order valence-corrected chi connectivity index (χ1v) is 10.2. The predicted octanol–water partition coefficient (Wildman–Crippen LogP) is 6.27. The molecule has 0 aliphatic heterocycles. The molecule has 0 amide bonds. The van der Waals surface area contributed by atoms with Gasteiger partial charge in [0.1, 0.15) is 5.75 Å². The van der Waals surface area contributed by atoms with Crippen LogP contribution < -0.4 is 4.74 Å². The number of hydrogen-bond donors (Lipinski definition) is 0. The number of rotatable bonds is 6. The molecule has 28 heavy (non-hydrogen) atoms. The summed E-state index contributed by atoms with van der Waals surface area (Å²) >= 11 is 0. The number of carbonyl (C=O) groups excluding carboxylic acids is 1. The van der Waals surface area contributed by atoms with Gasteiger partial charge in [0.25, 0.3) is 0 Å². The number of aldehydes is 1. The first-order valence-electron chi connectivity index (χ1n) is 10.2. The van der Waals surface area contributed by atoms with Crippen molar-refractivity contribution in [2.24, 2.45) is 0 Å². The van der Waals surface area contributed by atoms with Gasteiger partial charge in [0.15, 0.2) is 6.29 Å². The molecule has 2 heteroatoms. The van der Waals surface area contributed by atoms with Crippen molar-refractivity contribution in [2.75, 3.05) is 7.11 Å². The van der Waals surface area contributed by atoms with Crippen LogP contribution in [0, 0.1) is 11.8 Å². The number of ether oxygens (including phenoxy) is 1. The Bertz CT molecular complexity index is 772. The van der Waals surface area contributed by atoms with Crippen molar-refractivity contribution in [2.45, 2.75) is 65.2 Å². The second kappa shape index (κ2) is 12.8. The van der Waals surface area contributed by atoms with Gasteiger partial charge < -0.3 is 4.74 Å². The molecular weight excluding hydrogens is 344 g/mol. The number of hydrogen-bond acceptors (Lipinski definition) is 2. The first kappa shape index (κ1) is 23.5. The molecule has 0 fully saturated rings. The van der Waals surface area contributed by atoms with Crippen molar-refractivity contribution in [1.82, 2.24) is 0 Å². The predicted molar refractivity (Wildman–Crippen MR) is 121 cm³/mol. The van der Waals surface area contributed by atoms with Crippen molar-refractivity contribution in [1.29, 1.82) is 0 Å². The summed E-state index contributed by atoms with van der Waals surface area (Å²) in [4.78, 5) is 11.5. The van der Waals surface area contributed by atoms with E-state index in [1.807, 2.05) is 13.0 Å². The Balaban J connectivity index is 0.00000190. The third-order valence-electron chi connectivity index (χ3n) is 4.83. The summed E-state index contributed by atoms with van der Waals surface area (Å²) in [5, 5.41) is 0. The second-order valence-electron chi connectivity index (χ2n) is 7.03. The molecular formula is C26H34O2. The molecule has 0 bridgehead atoms. The number of carbonyl (C=O) groups is 1. The normalized spacial score (nSPS) is 13.0. The molecule has 1 aliphatic rings. The van der Waals surface area contributed by atoms with E-state index >= 15 is 0 Å². The third kappa shape index (κ3) is 6.57. The largest absolute Gasteiger partial charge is 0.496 e. The number of allylic oxidation sites excluding steroid dienone is 2. The van der Waals surface area contributed by atoms with Crippen LogP contribution in [0.4, 0.5) is 0 Å². The lowest BCUT2D eigenvalue weighted by Gasteiger charge is -2.19. The quantitative estimate of drug-likeness (QED) is 0.192. The summed E-state index contributed by atoms with van der Waals surface area (Å²) < 4.78 is 5.80. The molecule has 0 saturated carbocycles. The van der Waals surface area contributed by atoms with E-state index in [0.29, 0.717) is 5.57 Å². The maximum atomic E-state index is 11.5. The van der Waals surface area contributed by atoms with Crippen LogP contribution in [0.15, 0.2) is 36.9 Å². The van der Waals surface area contributed by atoms with E-state index in [1.165, 1.54) is 48.8 Å². The van der Waals surface area contributed by atoms with Crippen LogP contribution in [0.5, 0.6) is 5.75 Å². The van der Waals surface area contributed by atoms with Gasteiger partial charge in [0, 0.05) is 5.56 Å². The van der Waals surface area contributed by atoms with E-state index in [2.05, 4.69) is 44.6 Å². The van der Waals surface area contributed by atoms with Gasteiger partial charge >= 0.3 is 0 Å². The van der Waals surface area contributed by atoms with E-state index in [1.54, 1.807) is 7.11 Å². The molecule has 0 spiro atoms. The van der Waals surface area contributed by atoms with Gasteiger partial charge in [-0.15, -0.1) is 13.2 Å². The Morgan fingerprint density at radius 2 is 1.86 bits per heavy atom. The number of methoxy groups -OCH3 is 1. The number of unbranched alkanes of at least 4 members (excludes halogenated alkanes) is 1. The average Bonchev–Trinajstić information content (AvgIpc) is 2.96. The molecule has 1 aromatic rings. The van der Waals surface area contributed by atoms with Crippen LogP contribution in [0.3, 0.4) is 0 Å². The van der Waals surface area contributed by atoms with Crippen molar-refractivity contribution >= 4 is 12.4 Å². The van der Waals surface area contributed by atoms with Gasteiger partial charge in [0.05, 0.1) is 12.7 Å². The molecule has 0 N–H and O–H groups in total.